The first-order valence-electron chi connectivity index (χ1n) is 10.3. The third kappa shape index (κ3) is 4.37. The molecule has 0 amide bonds. The molecule has 0 fully saturated rings. The first kappa shape index (κ1) is 21.2. The SMILES string of the molecule is Cc1cc(C(=O)CSc2nnc(C(C)C)n2Cc2ccco2)c(C)n1-c1ccccc1. The lowest BCUT2D eigenvalue weighted by atomic mass is 10.2. The summed E-state index contributed by atoms with van der Waals surface area (Å²) in [5, 5.41) is 9.44. The van der Waals surface area contributed by atoms with Gasteiger partial charge in [0.2, 0.25) is 0 Å². The second kappa shape index (κ2) is 8.98. The first-order chi connectivity index (χ1) is 15.0. The molecule has 0 aliphatic rings. The van der Waals surface area contributed by atoms with E-state index in [1.54, 1.807) is 6.26 Å². The van der Waals surface area contributed by atoms with Gasteiger partial charge >= 0.3 is 0 Å². The Morgan fingerprint density at radius 3 is 2.55 bits per heavy atom. The van der Waals surface area contributed by atoms with Crippen molar-refractivity contribution in [2.75, 3.05) is 5.75 Å². The minimum absolute atomic E-state index is 0.0823. The van der Waals surface area contributed by atoms with Crippen LogP contribution in [0.25, 0.3) is 5.69 Å². The van der Waals surface area contributed by atoms with Gasteiger partial charge in [0.25, 0.3) is 0 Å². The van der Waals surface area contributed by atoms with Gasteiger partial charge in [-0.2, -0.15) is 0 Å². The highest BCUT2D eigenvalue weighted by Crippen LogP contribution is 2.26. The molecule has 4 aromatic rings. The molecule has 160 valence electrons. The van der Waals surface area contributed by atoms with Crippen molar-refractivity contribution < 1.29 is 9.21 Å². The van der Waals surface area contributed by atoms with Crippen LogP contribution in [0.5, 0.6) is 0 Å². The van der Waals surface area contributed by atoms with E-state index in [1.165, 1.54) is 11.8 Å². The van der Waals surface area contributed by atoms with E-state index in [0.29, 0.717) is 12.3 Å². The fraction of sp³-hybridized carbons (Fsp3) is 0.292. The summed E-state index contributed by atoms with van der Waals surface area (Å²) in [5.74, 6) is 2.32. The summed E-state index contributed by atoms with van der Waals surface area (Å²) in [6, 6.07) is 15.9. The van der Waals surface area contributed by atoms with Gasteiger partial charge in [-0.25, -0.2) is 0 Å². The molecule has 4 rings (SSSR count). The molecule has 7 heteroatoms. The number of hydrogen-bond acceptors (Lipinski definition) is 5. The highest BCUT2D eigenvalue weighted by atomic mass is 32.2. The summed E-state index contributed by atoms with van der Waals surface area (Å²) in [4.78, 5) is 13.1. The molecule has 3 aromatic heterocycles. The predicted octanol–water partition coefficient (Wildman–Crippen LogP) is 5.43. The molecule has 0 aliphatic carbocycles. The molecule has 31 heavy (non-hydrogen) atoms. The van der Waals surface area contributed by atoms with Crippen LogP contribution in [0.2, 0.25) is 0 Å². The largest absolute Gasteiger partial charge is 0.467 e. The maximum absolute atomic E-state index is 13.1. The van der Waals surface area contributed by atoms with Crippen LogP contribution >= 0.6 is 11.8 Å². The Morgan fingerprint density at radius 1 is 1.10 bits per heavy atom. The highest BCUT2D eigenvalue weighted by molar-refractivity contribution is 7.99. The Morgan fingerprint density at radius 2 is 1.87 bits per heavy atom. The van der Waals surface area contributed by atoms with Crippen LogP contribution < -0.4 is 0 Å². The average Bonchev–Trinajstić information content (AvgIpc) is 3.47. The fourth-order valence-corrected chi connectivity index (χ4v) is 4.60. The molecular formula is C24H26N4O2S. The Balaban J connectivity index is 1.55. The van der Waals surface area contributed by atoms with Gasteiger partial charge in [-0.3, -0.25) is 9.36 Å². The number of carbonyl (C=O) groups excluding carboxylic acids is 1. The Kier molecular flexibility index (Phi) is 6.13. The van der Waals surface area contributed by atoms with Gasteiger partial charge < -0.3 is 8.98 Å². The normalized spacial score (nSPS) is 11.4. The maximum atomic E-state index is 13.1. The second-order valence-electron chi connectivity index (χ2n) is 7.83. The van der Waals surface area contributed by atoms with Crippen molar-refractivity contribution in [2.24, 2.45) is 0 Å². The molecule has 0 N–H and O–H groups in total. The average molecular weight is 435 g/mol. The number of Topliss-reactive ketones (excluding diaryl/α,β-unsaturated/α-hetero) is 1. The van der Waals surface area contributed by atoms with Crippen LogP contribution in [0.15, 0.2) is 64.4 Å². The van der Waals surface area contributed by atoms with Crippen LogP contribution in [-0.4, -0.2) is 30.9 Å². The lowest BCUT2D eigenvalue weighted by molar-refractivity contribution is 0.102. The molecule has 0 bridgehead atoms. The van der Waals surface area contributed by atoms with Crippen molar-refractivity contribution in [2.45, 2.75) is 45.3 Å². The summed E-state index contributed by atoms with van der Waals surface area (Å²) in [6.45, 7) is 8.74. The minimum Gasteiger partial charge on any atom is -0.467 e. The molecule has 6 nitrogen and oxygen atoms in total. The van der Waals surface area contributed by atoms with E-state index in [9.17, 15) is 4.79 Å². The lowest BCUT2D eigenvalue weighted by Crippen LogP contribution is -2.09. The summed E-state index contributed by atoms with van der Waals surface area (Å²) in [6.07, 6.45) is 1.66. The number of para-hydroxylation sites is 1. The number of hydrogen-bond donors (Lipinski definition) is 0. The Labute approximate surface area is 186 Å². The summed E-state index contributed by atoms with van der Waals surface area (Å²) >= 11 is 1.42. The quantitative estimate of drug-likeness (QED) is 0.273. The maximum Gasteiger partial charge on any atom is 0.192 e. The number of aryl methyl sites for hydroxylation is 1. The lowest BCUT2D eigenvalue weighted by Gasteiger charge is -2.11. The number of rotatable bonds is 8. The van der Waals surface area contributed by atoms with Gasteiger partial charge in [0.1, 0.15) is 11.6 Å². The van der Waals surface area contributed by atoms with E-state index in [1.807, 2.05) is 66.9 Å². The zero-order valence-corrected chi connectivity index (χ0v) is 19.0. The van der Waals surface area contributed by atoms with Crippen molar-refractivity contribution in [1.29, 1.82) is 0 Å². The van der Waals surface area contributed by atoms with Crippen molar-refractivity contribution in [3.63, 3.8) is 0 Å². The smallest absolute Gasteiger partial charge is 0.192 e. The third-order valence-electron chi connectivity index (χ3n) is 5.23. The number of nitrogens with zero attached hydrogens (tertiary/aromatic N) is 4. The standard InChI is InChI=1S/C24H26N4O2S/c1-16(2)23-25-26-24(27(23)14-20-11-8-12-30-20)31-15-22(29)21-13-17(3)28(18(21)4)19-9-6-5-7-10-19/h5-13,16H,14-15H2,1-4H3. The summed E-state index contributed by atoms with van der Waals surface area (Å²) in [5.41, 5.74) is 3.80. The van der Waals surface area contributed by atoms with E-state index in [0.717, 1.165) is 39.4 Å². The van der Waals surface area contributed by atoms with Crippen LogP contribution in [0.4, 0.5) is 0 Å². The van der Waals surface area contributed by atoms with Crippen LogP contribution in [-0.2, 0) is 6.54 Å². The Bertz CT molecular complexity index is 1170. The van der Waals surface area contributed by atoms with E-state index < -0.39 is 0 Å². The number of ketones is 1. The van der Waals surface area contributed by atoms with Crippen molar-refractivity contribution in [1.82, 2.24) is 19.3 Å². The van der Waals surface area contributed by atoms with Crippen LogP contribution in [0.1, 0.15) is 53.1 Å². The number of thioether (sulfide) groups is 1. The van der Waals surface area contributed by atoms with E-state index in [4.69, 9.17) is 4.42 Å². The number of benzene rings is 1. The Hall–Kier alpha value is -3.06. The van der Waals surface area contributed by atoms with Crippen molar-refractivity contribution in [3.8, 4) is 5.69 Å². The van der Waals surface area contributed by atoms with E-state index in [-0.39, 0.29) is 11.7 Å². The molecule has 3 heterocycles. The minimum atomic E-state index is 0.0823. The number of furan rings is 1. The van der Waals surface area contributed by atoms with Gasteiger partial charge in [0.15, 0.2) is 10.9 Å². The third-order valence-corrected chi connectivity index (χ3v) is 6.20. The fourth-order valence-electron chi connectivity index (χ4n) is 3.77. The zero-order chi connectivity index (χ0) is 22.0. The van der Waals surface area contributed by atoms with Crippen LogP contribution in [0.3, 0.4) is 0 Å². The molecular weight excluding hydrogens is 408 g/mol. The molecule has 0 aliphatic heterocycles. The second-order valence-corrected chi connectivity index (χ2v) is 8.77. The first-order valence-corrected chi connectivity index (χ1v) is 11.3. The van der Waals surface area contributed by atoms with Crippen molar-refractivity contribution >= 4 is 17.5 Å². The summed E-state index contributed by atoms with van der Waals surface area (Å²) < 4.78 is 9.67. The van der Waals surface area contributed by atoms with Gasteiger partial charge in [-0.1, -0.05) is 43.8 Å². The molecule has 0 unspecified atom stereocenters. The van der Waals surface area contributed by atoms with Crippen LogP contribution in [0, 0.1) is 13.8 Å². The molecule has 0 radical (unpaired) electrons. The molecule has 0 saturated heterocycles. The molecule has 1 aromatic carbocycles. The van der Waals surface area contributed by atoms with Gasteiger partial charge in [0, 0.05) is 28.6 Å². The number of aromatic nitrogens is 4. The van der Waals surface area contributed by atoms with E-state index in [2.05, 4.69) is 28.6 Å². The van der Waals surface area contributed by atoms with Gasteiger partial charge in [-0.15, -0.1) is 10.2 Å². The van der Waals surface area contributed by atoms with Gasteiger partial charge in [-0.05, 0) is 44.2 Å². The summed E-state index contributed by atoms with van der Waals surface area (Å²) in [7, 11) is 0. The number of carbonyl (C=O) groups is 1. The van der Waals surface area contributed by atoms with E-state index >= 15 is 0 Å². The predicted molar refractivity (Wildman–Crippen MR) is 122 cm³/mol. The molecule has 0 saturated carbocycles. The highest BCUT2D eigenvalue weighted by Gasteiger charge is 2.20. The zero-order valence-electron chi connectivity index (χ0n) is 18.2. The molecule has 0 spiro atoms. The van der Waals surface area contributed by atoms with Crippen molar-refractivity contribution in [3.05, 3.63) is 83.3 Å². The monoisotopic (exact) mass is 434 g/mol. The van der Waals surface area contributed by atoms with Gasteiger partial charge in [0.05, 0.1) is 18.6 Å². The topological polar surface area (TPSA) is 65.8 Å². The molecule has 0 atom stereocenters.